The monoisotopic (exact) mass is 390 g/mol. The number of para-hydroxylation sites is 3. The SMILES string of the molecule is O=C(CC(=O)Nc1cccc2cccnc12)Nc1ccccc1N1CCOCC1. The number of ether oxygens (including phenoxy) is 1. The fraction of sp³-hybridized carbons (Fsp3) is 0.227. The summed E-state index contributed by atoms with van der Waals surface area (Å²) >= 11 is 0. The maximum atomic E-state index is 12.5. The van der Waals surface area contributed by atoms with E-state index in [0.29, 0.717) is 30.1 Å². The Kier molecular flexibility index (Phi) is 5.67. The Bertz CT molecular complexity index is 1030. The molecule has 1 aliphatic heterocycles. The van der Waals surface area contributed by atoms with Crippen LogP contribution >= 0.6 is 0 Å². The number of morpholine rings is 1. The van der Waals surface area contributed by atoms with Crippen LogP contribution in [0.4, 0.5) is 17.1 Å². The molecular weight excluding hydrogens is 368 g/mol. The van der Waals surface area contributed by atoms with E-state index >= 15 is 0 Å². The molecule has 4 rings (SSSR count). The average Bonchev–Trinajstić information content (AvgIpc) is 2.75. The predicted molar refractivity (Wildman–Crippen MR) is 113 cm³/mol. The van der Waals surface area contributed by atoms with Crippen molar-refractivity contribution < 1.29 is 14.3 Å². The zero-order valence-electron chi connectivity index (χ0n) is 15.9. The Morgan fingerprint density at radius 3 is 2.41 bits per heavy atom. The smallest absolute Gasteiger partial charge is 0.233 e. The molecule has 2 aromatic carbocycles. The van der Waals surface area contributed by atoms with Crippen LogP contribution in [0, 0.1) is 0 Å². The van der Waals surface area contributed by atoms with Crippen molar-refractivity contribution in [3.63, 3.8) is 0 Å². The molecule has 0 aliphatic carbocycles. The van der Waals surface area contributed by atoms with Crippen LogP contribution in [0.1, 0.15) is 6.42 Å². The second-order valence-electron chi connectivity index (χ2n) is 6.77. The van der Waals surface area contributed by atoms with Crippen LogP contribution in [0.3, 0.4) is 0 Å². The fourth-order valence-corrected chi connectivity index (χ4v) is 3.40. The van der Waals surface area contributed by atoms with E-state index in [1.54, 1.807) is 12.3 Å². The summed E-state index contributed by atoms with van der Waals surface area (Å²) in [5.41, 5.74) is 2.91. The van der Waals surface area contributed by atoms with Gasteiger partial charge in [-0.25, -0.2) is 0 Å². The van der Waals surface area contributed by atoms with Crippen molar-refractivity contribution in [1.82, 2.24) is 4.98 Å². The molecule has 3 aromatic rings. The second-order valence-corrected chi connectivity index (χ2v) is 6.77. The maximum absolute atomic E-state index is 12.5. The summed E-state index contributed by atoms with van der Waals surface area (Å²) in [4.78, 5) is 31.4. The summed E-state index contributed by atoms with van der Waals surface area (Å²) in [5.74, 6) is -0.749. The first-order valence-electron chi connectivity index (χ1n) is 9.56. The normalized spacial score (nSPS) is 13.9. The molecule has 2 heterocycles. The van der Waals surface area contributed by atoms with Crippen LogP contribution in [0.25, 0.3) is 10.9 Å². The van der Waals surface area contributed by atoms with Gasteiger partial charge in [0, 0.05) is 24.7 Å². The van der Waals surface area contributed by atoms with Gasteiger partial charge in [-0.05, 0) is 24.3 Å². The van der Waals surface area contributed by atoms with Gasteiger partial charge in [0.25, 0.3) is 0 Å². The van der Waals surface area contributed by atoms with Gasteiger partial charge in [-0.2, -0.15) is 0 Å². The number of nitrogens with one attached hydrogen (secondary N) is 2. The van der Waals surface area contributed by atoms with Gasteiger partial charge in [0.2, 0.25) is 11.8 Å². The minimum Gasteiger partial charge on any atom is -0.378 e. The number of rotatable bonds is 5. The highest BCUT2D eigenvalue weighted by Gasteiger charge is 2.17. The van der Waals surface area contributed by atoms with Crippen LogP contribution < -0.4 is 15.5 Å². The van der Waals surface area contributed by atoms with Crippen molar-refractivity contribution in [2.24, 2.45) is 0 Å². The first-order chi connectivity index (χ1) is 14.2. The summed E-state index contributed by atoms with van der Waals surface area (Å²) in [6.07, 6.45) is 1.40. The summed E-state index contributed by atoms with van der Waals surface area (Å²) in [6.45, 7) is 2.84. The van der Waals surface area contributed by atoms with Gasteiger partial charge in [0.15, 0.2) is 0 Å². The Balaban J connectivity index is 1.42. The standard InChI is InChI=1S/C22H22N4O3/c27-20(24-17-7-1-2-9-19(17)26-11-13-29-14-12-26)15-21(28)25-18-8-3-5-16-6-4-10-23-22(16)18/h1-10H,11-15H2,(H,24,27)(H,25,28). The van der Waals surface area contributed by atoms with E-state index in [1.807, 2.05) is 48.5 Å². The van der Waals surface area contributed by atoms with E-state index in [2.05, 4.69) is 20.5 Å². The number of aromatic nitrogens is 1. The lowest BCUT2D eigenvalue weighted by Gasteiger charge is -2.30. The van der Waals surface area contributed by atoms with Crippen molar-refractivity contribution >= 4 is 39.8 Å². The van der Waals surface area contributed by atoms with Crippen molar-refractivity contribution in [2.45, 2.75) is 6.42 Å². The van der Waals surface area contributed by atoms with E-state index in [9.17, 15) is 9.59 Å². The molecule has 7 heteroatoms. The molecule has 0 atom stereocenters. The third-order valence-electron chi connectivity index (χ3n) is 4.76. The first-order valence-corrected chi connectivity index (χ1v) is 9.56. The van der Waals surface area contributed by atoms with Crippen LogP contribution in [-0.4, -0.2) is 43.1 Å². The molecular formula is C22H22N4O3. The minimum absolute atomic E-state index is 0.277. The van der Waals surface area contributed by atoms with Crippen LogP contribution in [-0.2, 0) is 14.3 Å². The quantitative estimate of drug-likeness (QED) is 0.655. The Morgan fingerprint density at radius 2 is 1.59 bits per heavy atom. The number of hydrogen-bond donors (Lipinski definition) is 2. The summed E-state index contributed by atoms with van der Waals surface area (Å²) in [6, 6.07) is 16.9. The molecule has 1 aromatic heterocycles. The number of hydrogen-bond acceptors (Lipinski definition) is 5. The van der Waals surface area contributed by atoms with Crippen LogP contribution in [0.2, 0.25) is 0 Å². The van der Waals surface area contributed by atoms with Crippen molar-refractivity contribution in [3.8, 4) is 0 Å². The highest BCUT2D eigenvalue weighted by Crippen LogP contribution is 2.26. The van der Waals surface area contributed by atoms with E-state index in [4.69, 9.17) is 4.74 Å². The van der Waals surface area contributed by atoms with E-state index in [-0.39, 0.29) is 18.2 Å². The third kappa shape index (κ3) is 4.52. The molecule has 7 nitrogen and oxygen atoms in total. The van der Waals surface area contributed by atoms with E-state index < -0.39 is 0 Å². The molecule has 2 amide bonds. The molecule has 148 valence electrons. The van der Waals surface area contributed by atoms with Crippen molar-refractivity contribution in [3.05, 3.63) is 60.8 Å². The molecule has 1 fully saturated rings. The van der Waals surface area contributed by atoms with Gasteiger partial charge in [0.1, 0.15) is 6.42 Å². The second kappa shape index (κ2) is 8.70. The zero-order chi connectivity index (χ0) is 20.1. The Hall–Kier alpha value is -3.45. The first kappa shape index (κ1) is 18.9. The van der Waals surface area contributed by atoms with E-state index in [0.717, 1.165) is 24.2 Å². The molecule has 29 heavy (non-hydrogen) atoms. The van der Waals surface area contributed by atoms with Gasteiger partial charge in [-0.3, -0.25) is 14.6 Å². The van der Waals surface area contributed by atoms with Gasteiger partial charge >= 0.3 is 0 Å². The number of carbonyl (C=O) groups excluding carboxylic acids is 2. The molecule has 0 unspecified atom stereocenters. The molecule has 1 saturated heterocycles. The maximum Gasteiger partial charge on any atom is 0.233 e. The molecule has 0 bridgehead atoms. The minimum atomic E-state index is -0.385. The lowest BCUT2D eigenvalue weighted by atomic mass is 10.2. The van der Waals surface area contributed by atoms with E-state index in [1.165, 1.54) is 0 Å². The predicted octanol–water partition coefficient (Wildman–Crippen LogP) is 3.04. The Morgan fingerprint density at radius 1 is 0.897 bits per heavy atom. The number of amides is 2. The number of anilines is 3. The lowest BCUT2D eigenvalue weighted by molar-refractivity contribution is -0.123. The number of fused-ring (bicyclic) bond motifs is 1. The third-order valence-corrected chi connectivity index (χ3v) is 4.76. The molecule has 1 aliphatic rings. The van der Waals surface area contributed by atoms with Gasteiger partial charge in [0.05, 0.1) is 35.8 Å². The van der Waals surface area contributed by atoms with Gasteiger partial charge in [-0.15, -0.1) is 0 Å². The van der Waals surface area contributed by atoms with Crippen LogP contribution in [0.5, 0.6) is 0 Å². The summed E-state index contributed by atoms with van der Waals surface area (Å²) < 4.78 is 5.39. The van der Waals surface area contributed by atoms with Crippen molar-refractivity contribution in [2.75, 3.05) is 41.8 Å². The summed E-state index contributed by atoms with van der Waals surface area (Å²) in [5, 5.41) is 6.58. The largest absolute Gasteiger partial charge is 0.378 e. The number of pyridine rings is 1. The average molecular weight is 390 g/mol. The molecule has 0 saturated carbocycles. The molecule has 2 N–H and O–H groups in total. The fourth-order valence-electron chi connectivity index (χ4n) is 3.40. The summed E-state index contributed by atoms with van der Waals surface area (Å²) in [7, 11) is 0. The lowest BCUT2D eigenvalue weighted by Crippen LogP contribution is -2.36. The highest BCUT2D eigenvalue weighted by atomic mass is 16.5. The number of carbonyl (C=O) groups is 2. The Labute approximate surface area is 168 Å². The number of benzene rings is 2. The van der Waals surface area contributed by atoms with Crippen molar-refractivity contribution in [1.29, 1.82) is 0 Å². The zero-order valence-corrected chi connectivity index (χ0v) is 15.9. The van der Waals surface area contributed by atoms with Crippen LogP contribution in [0.15, 0.2) is 60.8 Å². The highest BCUT2D eigenvalue weighted by molar-refractivity contribution is 6.10. The molecule has 0 spiro atoms. The topological polar surface area (TPSA) is 83.6 Å². The number of nitrogens with zero attached hydrogens (tertiary/aromatic N) is 2. The van der Waals surface area contributed by atoms with Gasteiger partial charge in [-0.1, -0.05) is 30.3 Å². The molecule has 0 radical (unpaired) electrons. The van der Waals surface area contributed by atoms with Gasteiger partial charge < -0.3 is 20.3 Å².